The van der Waals surface area contributed by atoms with E-state index in [0.717, 1.165) is 19.3 Å². The highest BCUT2D eigenvalue weighted by Crippen LogP contribution is 2.39. The Labute approximate surface area is 146 Å². The minimum Gasteiger partial charge on any atom is -0.485 e. The van der Waals surface area contributed by atoms with Gasteiger partial charge in [0, 0.05) is 24.5 Å². The molecule has 1 saturated heterocycles. The maximum absolute atomic E-state index is 12.6. The first kappa shape index (κ1) is 17.5. The number of hydrogen-bond acceptors (Lipinski definition) is 6. The molecule has 0 unspecified atom stereocenters. The van der Waals surface area contributed by atoms with Gasteiger partial charge < -0.3 is 14.8 Å². The topological polar surface area (TPSA) is 84.9 Å². The van der Waals surface area contributed by atoms with Crippen LogP contribution in [0.25, 0.3) is 0 Å². The molecule has 1 aromatic heterocycles. The van der Waals surface area contributed by atoms with Crippen molar-refractivity contribution in [3.05, 3.63) is 10.3 Å². The number of nitrogens with one attached hydrogen (secondary N) is 1. The average molecular weight is 374 g/mol. The third-order valence-electron chi connectivity index (χ3n) is 4.23. The zero-order valence-corrected chi connectivity index (χ0v) is 15.2. The summed E-state index contributed by atoms with van der Waals surface area (Å²) in [5, 5.41) is 4.74. The van der Waals surface area contributed by atoms with Crippen molar-refractivity contribution in [2.24, 2.45) is 0 Å². The summed E-state index contributed by atoms with van der Waals surface area (Å²) in [7, 11) is -3.24. The van der Waals surface area contributed by atoms with Crippen LogP contribution in [-0.2, 0) is 10.0 Å². The van der Waals surface area contributed by atoms with Crippen LogP contribution in [0.5, 0.6) is 11.5 Å². The van der Waals surface area contributed by atoms with E-state index in [4.69, 9.17) is 9.47 Å². The number of rotatable bonds is 4. The smallest absolute Gasteiger partial charge is 0.265 e. The maximum Gasteiger partial charge on any atom is 0.265 e. The van der Waals surface area contributed by atoms with E-state index < -0.39 is 10.0 Å². The zero-order valence-electron chi connectivity index (χ0n) is 13.6. The number of hydrogen-bond donors (Lipinski definition) is 1. The molecule has 2 aliphatic rings. The fourth-order valence-corrected chi connectivity index (χ4v) is 4.94. The predicted molar refractivity (Wildman–Crippen MR) is 91.4 cm³/mol. The molecule has 1 atom stereocenters. The van der Waals surface area contributed by atoms with E-state index in [0.29, 0.717) is 42.7 Å². The van der Waals surface area contributed by atoms with Gasteiger partial charge in [0.05, 0.1) is 5.75 Å². The van der Waals surface area contributed by atoms with Crippen LogP contribution >= 0.6 is 11.3 Å². The van der Waals surface area contributed by atoms with Gasteiger partial charge in [-0.2, -0.15) is 4.31 Å². The van der Waals surface area contributed by atoms with E-state index in [1.54, 1.807) is 12.3 Å². The third-order valence-corrected chi connectivity index (χ3v) is 7.02. The highest BCUT2D eigenvalue weighted by molar-refractivity contribution is 7.89. The molecule has 3 rings (SSSR count). The van der Waals surface area contributed by atoms with Crippen molar-refractivity contribution in [2.45, 2.75) is 32.2 Å². The van der Waals surface area contributed by atoms with Crippen LogP contribution in [0.15, 0.2) is 5.38 Å². The highest BCUT2D eigenvalue weighted by Gasteiger charge is 2.29. The Hall–Kier alpha value is -1.32. The van der Waals surface area contributed by atoms with Crippen LogP contribution < -0.4 is 14.8 Å². The van der Waals surface area contributed by atoms with Crippen molar-refractivity contribution in [3.63, 3.8) is 0 Å². The standard InChI is InChI=1S/C15H22N2O5S2/c1-2-24(19,20)17-6-4-3-5-11(9-17)16-15(18)14-13-12(10-23-14)21-7-8-22-13/h10-11H,2-9H2,1H3,(H,16,18)/t11-/m1/s1. The number of carbonyl (C=O) groups excluding carboxylic acids is 1. The summed E-state index contributed by atoms with van der Waals surface area (Å²) in [6.45, 7) is 3.40. The Balaban J connectivity index is 1.70. The molecule has 134 valence electrons. The Kier molecular flexibility index (Phi) is 5.31. The number of nitrogens with zero attached hydrogens (tertiary/aromatic N) is 1. The predicted octanol–water partition coefficient (Wildman–Crippen LogP) is 1.45. The lowest BCUT2D eigenvalue weighted by atomic mass is 10.1. The monoisotopic (exact) mass is 374 g/mol. The van der Waals surface area contributed by atoms with Crippen LogP contribution in [0, 0.1) is 0 Å². The normalized spacial score (nSPS) is 22.0. The van der Waals surface area contributed by atoms with Gasteiger partial charge in [0.1, 0.15) is 18.1 Å². The summed E-state index contributed by atoms with van der Waals surface area (Å²) in [5.41, 5.74) is 0. The van der Waals surface area contributed by atoms with Gasteiger partial charge in [-0.15, -0.1) is 11.3 Å². The van der Waals surface area contributed by atoms with Gasteiger partial charge in [0.2, 0.25) is 10.0 Å². The maximum atomic E-state index is 12.6. The van der Waals surface area contributed by atoms with Gasteiger partial charge in [-0.05, 0) is 19.8 Å². The molecule has 24 heavy (non-hydrogen) atoms. The molecule has 1 N–H and O–H groups in total. The molecule has 0 spiro atoms. The quantitative estimate of drug-likeness (QED) is 0.862. The van der Waals surface area contributed by atoms with Crippen molar-refractivity contribution in [1.82, 2.24) is 9.62 Å². The fourth-order valence-electron chi connectivity index (χ4n) is 2.93. The number of ether oxygens (including phenoxy) is 2. The summed E-state index contributed by atoms with van der Waals surface area (Å²) in [4.78, 5) is 13.1. The van der Waals surface area contributed by atoms with Crippen LogP contribution in [0.4, 0.5) is 0 Å². The van der Waals surface area contributed by atoms with Crippen molar-refractivity contribution in [3.8, 4) is 11.5 Å². The first-order valence-electron chi connectivity index (χ1n) is 8.17. The van der Waals surface area contributed by atoms with Crippen molar-refractivity contribution >= 4 is 27.3 Å². The zero-order chi connectivity index (χ0) is 17.2. The van der Waals surface area contributed by atoms with E-state index in [1.165, 1.54) is 15.6 Å². The molecule has 1 amide bonds. The second-order valence-corrected chi connectivity index (χ2v) is 9.02. The molecule has 7 nitrogen and oxygen atoms in total. The molecule has 0 aliphatic carbocycles. The molecule has 3 heterocycles. The van der Waals surface area contributed by atoms with Crippen LogP contribution in [0.1, 0.15) is 35.9 Å². The lowest BCUT2D eigenvalue weighted by molar-refractivity contribution is 0.0927. The van der Waals surface area contributed by atoms with Crippen molar-refractivity contribution < 1.29 is 22.7 Å². The summed E-state index contributed by atoms with van der Waals surface area (Å²) < 4.78 is 36.8. The summed E-state index contributed by atoms with van der Waals surface area (Å²) in [6, 6.07) is -0.191. The number of amides is 1. The first-order chi connectivity index (χ1) is 11.5. The van der Waals surface area contributed by atoms with Gasteiger partial charge in [-0.1, -0.05) is 6.42 Å². The minimum absolute atomic E-state index is 0.0806. The molecular formula is C15H22N2O5S2. The van der Waals surface area contributed by atoms with Crippen molar-refractivity contribution in [1.29, 1.82) is 0 Å². The Morgan fingerprint density at radius 3 is 2.96 bits per heavy atom. The summed E-state index contributed by atoms with van der Waals surface area (Å²) in [5.74, 6) is 0.951. The molecule has 0 saturated carbocycles. The van der Waals surface area contributed by atoms with Crippen molar-refractivity contribution in [2.75, 3.05) is 32.1 Å². The van der Waals surface area contributed by atoms with Gasteiger partial charge in [-0.3, -0.25) is 4.79 Å². The molecular weight excluding hydrogens is 352 g/mol. The summed E-state index contributed by atoms with van der Waals surface area (Å²) in [6.07, 6.45) is 2.48. The number of fused-ring (bicyclic) bond motifs is 1. The lowest BCUT2D eigenvalue weighted by Gasteiger charge is -2.24. The van der Waals surface area contributed by atoms with Crippen LogP contribution in [-0.4, -0.2) is 56.7 Å². The lowest BCUT2D eigenvalue weighted by Crippen LogP contribution is -2.45. The third kappa shape index (κ3) is 3.68. The van der Waals surface area contributed by atoms with Gasteiger partial charge in [0.25, 0.3) is 5.91 Å². The molecule has 1 aromatic rings. The second kappa shape index (κ2) is 7.28. The largest absolute Gasteiger partial charge is 0.485 e. The first-order valence-corrected chi connectivity index (χ1v) is 10.7. The van der Waals surface area contributed by atoms with Crippen LogP contribution in [0.3, 0.4) is 0 Å². The van der Waals surface area contributed by atoms with E-state index in [9.17, 15) is 13.2 Å². The Bertz CT molecular complexity index is 701. The van der Waals surface area contributed by atoms with Gasteiger partial charge in [0.15, 0.2) is 11.5 Å². The molecule has 9 heteroatoms. The van der Waals surface area contributed by atoms with E-state index >= 15 is 0 Å². The number of sulfonamides is 1. The SMILES string of the molecule is CCS(=O)(=O)N1CCCC[C@@H](NC(=O)c2scc3c2OCCO3)C1. The molecule has 0 bridgehead atoms. The fraction of sp³-hybridized carbons (Fsp3) is 0.667. The molecule has 0 radical (unpaired) electrons. The minimum atomic E-state index is -3.24. The number of thiophene rings is 1. The van der Waals surface area contributed by atoms with Gasteiger partial charge in [-0.25, -0.2) is 8.42 Å². The molecule has 2 aliphatic heterocycles. The highest BCUT2D eigenvalue weighted by atomic mass is 32.2. The van der Waals surface area contributed by atoms with E-state index in [-0.39, 0.29) is 17.7 Å². The Morgan fingerprint density at radius 2 is 2.17 bits per heavy atom. The number of carbonyl (C=O) groups is 1. The summed E-state index contributed by atoms with van der Waals surface area (Å²) >= 11 is 1.28. The molecule has 0 aromatic carbocycles. The molecule has 1 fully saturated rings. The van der Waals surface area contributed by atoms with E-state index in [1.807, 2.05) is 0 Å². The average Bonchev–Trinajstić information content (AvgIpc) is 2.87. The van der Waals surface area contributed by atoms with Gasteiger partial charge >= 0.3 is 0 Å². The van der Waals surface area contributed by atoms with E-state index in [2.05, 4.69) is 5.32 Å². The second-order valence-electron chi connectivity index (χ2n) is 5.88. The van der Waals surface area contributed by atoms with Crippen LogP contribution in [0.2, 0.25) is 0 Å². The Morgan fingerprint density at radius 1 is 1.38 bits per heavy atom.